The smallest absolute Gasteiger partial charge is 0.140 e. The molecule has 1 aromatic rings. The minimum atomic E-state index is -0.278. The quantitative estimate of drug-likeness (QED) is 0.779. The van der Waals surface area contributed by atoms with E-state index in [1.165, 1.54) is 0 Å². The number of nitrogen functional groups attached to an aromatic ring is 1. The van der Waals surface area contributed by atoms with Gasteiger partial charge in [-0.1, -0.05) is 12.8 Å². The maximum atomic E-state index is 9.85. The summed E-state index contributed by atoms with van der Waals surface area (Å²) in [6.45, 7) is 0. The number of aliphatic hydroxyl groups excluding tert-OH is 1. The first-order valence-corrected chi connectivity index (χ1v) is 6.32. The molecule has 1 aliphatic carbocycles. The predicted molar refractivity (Wildman–Crippen MR) is 68.2 cm³/mol. The van der Waals surface area contributed by atoms with Crippen molar-refractivity contribution in [3.63, 3.8) is 0 Å². The number of halogens is 1. The molecule has 0 aliphatic heterocycles. The van der Waals surface area contributed by atoms with Crippen LogP contribution in [0.1, 0.15) is 25.7 Å². The normalized spacial score (nSPS) is 25.4. The topological polar surface area (TPSA) is 71.2 Å². The number of rotatable bonds is 2. The zero-order valence-corrected chi connectivity index (χ0v) is 10.6. The monoisotopic (exact) mass is 285 g/mol. The first-order chi connectivity index (χ1) is 7.66. The van der Waals surface area contributed by atoms with E-state index in [9.17, 15) is 5.11 Å². The van der Waals surface area contributed by atoms with Crippen molar-refractivity contribution in [2.24, 2.45) is 0 Å². The first-order valence-electron chi connectivity index (χ1n) is 5.52. The summed E-state index contributed by atoms with van der Waals surface area (Å²) in [6.07, 6.45) is 5.45. The van der Waals surface area contributed by atoms with Crippen LogP contribution in [0.15, 0.2) is 16.7 Å². The van der Waals surface area contributed by atoms with E-state index in [-0.39, 0.29) is 12.1 Å². The minimum Gasteiger partial charge on any atom is -0.397 e. The van der Waals surface area contributed by atoms with E-state index in [0.717, 1.165) is 36.0 Å². The van der Waals surface area contributed by atoms with Gasteiger partial charge >= 0.3 is 0 Å². The van der Waals surface area contributed by atoms with Crippen molar-refractivity contribution in [1.29, 1.82) is 0 Å². The molecule has 1 saturated carbocycles. The molecule has 2 rings (SSSR count). The van der Waals surface area contributed by atoms with Crippen molar-refractivity contribution in [1.82, 2.24) is 4.98 Å². The first kappa shape index (κ1) is 11.7. The van der Waals surface area contributed by atoms with E-state index in [1.54, 1.807) is 6.20 Å². The number of nitrogens with zero attached hydrogens (tertiary/aromatic N) is 1. The zero-order chi connectivity index (χ0) is 11.5. The number of hydrogen-bond acceptors (Lipinski definition) is 4. The predicted octanol–water partition coefficient (Wildman–Crippen LogP) is 2.14. The minimum absolute atomic E-state index is 0.0983. The molecule has 0 aromatic carbocycles. The lowest BCUT2D eigenvalue weighted by molar-refractivity contribution is 0.116. The summed E-state index contributed by atoms with van der Waals surface area (Å²) >= 11 is 3.41. The van der Waals surface area contributed by atoms with Crippen molar-refractivity contribution >= 4 is 27.4 Å². The van der Waals surface area contributed by atoms with Crippen LogP contribution in [-0.4, -0.2) is 22.2 Å². The van der Waals surface area contributed by atoms with Crippen LogP contribution in [0.5, 0.6) is 0 Å². The Morgan fingerprint density at radius 2 is 2.19 bits per heavy atom. The highest BCUT2D eigenvalue weighted by Gasteiger charge is 2.23. The molecule has 0 saturated heterocycles. The van der Waals surface area contributed by atoms with Crippen LogP contribution < -0.4 is 11.1 Å². The number of nitrogens with two attached hydrogens (primary N) is 1. The fraction of sp³-hybridized carbons (Fsp3) is 0.545. The van der Waals surface area contributed by atoms with Crippen molar-refractivity contribution in [2.45, 2.75) is 37.8 Å². The highest BCUT2D eigenvalue weighted by Crippen LogP contribution is 2.26. The second kappa shape index (κ2) is 5.01. The Bertz CT molecular complexity index is 372. The highest BCUT2D eigenvalue weighted by atomic mass is 79.9. The zero-order valence-electron chi connectivity index (χ0n) is 8.99. The standard InChI is InChI=1S/C11H16BrN3O/c12-8-5-7(13)6-14-11(8)15-9-3-1-2-4-10(9)16/h5-6,9-10,16H,1-4,13H2,(H,14,15). The Morgan fingerprint density at radius 1 is 1.44 bits per heavy atom. The number of anilines is 2. The van der Waals surface area contributed by atoms with Crippen LogP contribution in [0.4, 0.5) is 11.5 Å². The van der Waals surface area contributed by atoms with Gasteiger partial charge < -0.3 is 16.2 Å². The molecule has 1 aliphatic rings. The van der Waals surface area contributed by atoms with Gasteiger partial charge in [-0.2, -0.15) is 0 Å². The average Bonchev–Trinajstić information content (AvgIpc) is 2.25. The van der Waals surface area contributed by atoms with E-state index < -0.39 is 0 Å². The Hall–Kier alpha value is -0.810. The van der Waals surface area contributed by atoms with E-state index >= 15 is 0 Å². The average molecular weight is 286 g/mol. The van der Waals surface area contributed by atoms with Crippen LogP contribution >= 0.6 is 15.9 Å². The van der Waals surface area contributed by atoms with Gasteiger partial charge in [0.05, 0.1) is 28.5 Å². The summed E-state index contributed by atoms with van der Waals surface area (Å²) in [7, 11) is 0. The Labute approximate surface area is 103 Å². The summed E-state index contributed by atoms with van der Waals surface area (Å²) in [5.41, 5.74) is 6.24. The fourth-order valence-corrected chi connectivity index (χ4v) is 2.50. The van der Waals surface area contributed by atoms with Crippen molar-refractivity contribution < 1.29 is 5.11 Å². The van der Waals surface area contributed by atoms with Crippen molar-refractivity contribution in [2.75, 3.05) is 11.1 Å². The lowest BCUT2D eigenvalue weighted by Crippen LogP contribution is -2.36. The molecule has 1 heterocycles. The van der Waals surface area contributed by atoms with Crippen LogP contribution in [0.2, 0.25) is 0 Å². The van der Waals surface area contributed by atoms with E-state index in [2.05, 4.69) is 26.2 Å². The number of pyridine rings is 1. The van der Waals surface area contributed by atoms with E-state index in [1.807, 2.05) is 6.07 Å². The van der Waals surface area contributed by atoms with Gasteiger partial charge in [0.2, 0.25) is 0 Å². The molecule has 0 radical (unpaired) electrons. The molecule has 4 N–H and O–H groups in total. The molecule has 0 amide bonds. The molecule has 0 bridgehead atoms. The van der Waals surface area contributed by atoms with Crippen LogP contribution in [0, 0.1) is 0 Å². The van der Waals surface area contributed by atoms with Crippen LogP contribution in [-0.2, 0) is 0 Å². The van der Waals surface area contributed by atoms with Crippen LogP contribution in [0.25, 0.3) is 0 Å². The number of aliphatic hydroxyl groups is 1. The molecule has 4 nitrogen and oxygen atoms in total. The molecule has 1 fully saturated rings. The maximum Gasteiger partial charge on any atom is 0.140 e. The van der Waals surface area contributed by atoms with Gasteiger partial charge in [0.25, 0.3) is 0 Å². The van der Waals surface area contributed by atoms with Gasteiger partial charge in [0.1, 0.15) is 5.82 Å². The fourth-order valence-electron chi connectivity index (χ4n) is 2.01. The molecule has 5 heteroatoms. The van der Waals surface area contributed by atoms with Crippen molar-refractivity contribution in [3.05, 3.63) is 16.7 Å². The molecule has 0 spiro atoms. The number of nitrogens with one attached hydrogen (secondary N) is 1. The Morgan fingerprint density at radius 3 is 2.88 bits per heavy atom. The largest absolute Gasteiger partial charge is 0.397 e. The van der Waals surface area contributed by atoms with Gasteiger partial charge in [-0.3, -0.25) is 0 Å². The third-order valence-electron chi connectivity index (χ3n) is 2.91. The number of hydrogen-bond donors (Lipinski definition) is 3. The van der Waals surface area contributed by atoms with Gasteiger partial charge in [0, 0.05) is 0 Å². The van der Waals surface area contributed by atoms with Crippen molar-refractivity contribution in [3.8, 4) is 0 Å². The molecule has 1 aromatic heterocycles. The molecule has 88 valence electrons. The SMILES string of the molecule is Nc1cnc(NC2CCCCC2O)c(Br)c1. The lowest BCUT2D eigenvalue weighted by Gasteiger charge is -2.29. The maximum absolute atomic E-state index is 9.85. The summed E-state index contributed by atoms with van der Waals surface area (Å²) in [4.78, 5) is 4.21. The molecule has 16 heavy (non-hydrogen) atoms. The van der Waals surface area contributed by atoms with Crippen LogP contribution in [0.3, 0.4) is 0 Å². The Balaban J connectivity index is 2.07. The third-order valence-corrected chi connectivity index (χ3v) is 3.52. The molecular formula is C11H16BrN3O. The van der Waals surface area contributed by atoms with Gasteiger partial charge in [0.15, 0.2) is 0 Å². The van der Waals surface area contributed by atoms with E-state index in [4.69, 9.17) is 5.73 Å². The summed E-state index contributed by atoms with van der Waals surface area (Å²) in [6, 6.07) is 1.91. The highest BCUT2D eigenvalue weighted by molar-refractivity contribution is 9.10. The second-order valence-corrected chi connectivity index (χ2v) is 5.06. The molecule has 2 unspecified atom stereocenters. The molecule has 2 atom stereocenters. The van der Waals surface area contributed by atoms with Gasteiger partial charge in [-0.05, 0) is 34.8 Å². The summed E-state index contributed by atoms with van der Waals surface area (Å²) in [5.74, 6) is 0.750. The lowest BCUT2D eigenvalue weighted by atomic mass is 9.92. The summed E-state index contributed by atoms with van der Waals surface area (Å²) < 4.78 is 0.838. The molecular weight excluding hydrogens is 270 g/mol. The van der Waals surface area contributed by atoms with Gasteiger partial charge in [-0.15, -0.1) is 0 Å². The number of aromatic nitrogens is 1. The summed E-state index contributed by atoms with van der Waals surface area (Å²) in [5, 5.41) is 13.1. The Kier molecular flexibility index (Phi) is 3.66. The third kappa shape index (κ3) is 2.65. The van der Waals surface area contributed by atoms with Gasteiger partial charge in [-0.25, -0.2) is 4.98 Å². The van der Waals surface area contributed by atoms with E-state index in [0.29, 0.717) is 5.69 Å². The second-order valence-electron chi connectivity index (χ2n) is 4.20.